The molecule has 2 aromatic rings. The molecule has 10 heteroatoms. The molecule has 1 aromatic heterocycles. The van der Waals surface area contributed by atoms with E-state index in [-0.39, 0.29) is 17.8 Å². The van der Waals surface area contributed by atoms with Gasteiger partial charge < -0.3 is 14.5 Å². The van der Waals surface area contributed by atoms with Crippen molar-refractivity contribution in [3.63, 3.8) is 0 Å². The van der Waals surface area contributed by atoms with Gasteiger partial charge in [-0.05, 0) is 31.0 Å². The van der Waals surface area contributed by atoms with Crippen molar-refractivity contribution in [1.29, 1.82) is 0 Å². The number of methoxy groups -OCH3 is 1. The molecular formula is C16H22N4O5S. The van der Waals surface area contributed by atoms with E-state index < -0.39 is 16.1 Å². The van der Waals surface area contributed by atoms with Crippen LogP contribution in [0, 0.1) is 6.92 Å². The van der Waals surface area contributed by atoms with Crippen molar-refractivity contribution in [3.05, 3.63) is 41.3 Å². The summed E-state index contributed by atoms with van der Waals surface area (Å²) in [4.78, 5) is 16.0. The second-order valence-corrected chi connectivity index (χ2v) is 7.72. The number of rotatable bonds is 7. The summed E-state index contributed by atoms with van der Waals surface area (Å²) in [6.45, 7) is 3.83. The van der Waals surface area contributed by atoms with Crippen molar-refractivity contribution in [2.75, 3.05) is 26.5 Å². The maximum atomic E-state index is 12.0. The zero-order chi connectivity index (χ0) is 19.5. The van der Waals surface area contributed by atoms with Crippen LogP contribution in [0.25, 0.3) is 0 Å². The van der Waals surface area contributed by atoms with Crippen LogP contribution >= 0.6 is 0 Å². The molecule has 1 heterocycles. The Balaban J connectivity index is 2.17. The Morgan fingerprint density at radius 2 is 2.04 bits per heavy atom. The van der Waals surface area contributed by atoms with Crippen LogP contribution in [0.4, 0.5) is 11.7 Å². The number of carbonyl (C=O) groups excluding carboxylic acids is 1. The molecule has 0 saturated carbocycles. The highest BCUT2D eigenvalue weighted by Gasteiger charge is 2.21. The molecule has 1 aromatic carbocycles. The van der Waals surface area contributed by atoms with Crippen LogP contribution in [0.1, 0.15) is 34.6 Å². The van der Waals surface area contributed by atoms with Gasteiger partial charge in [-0.3, -0.25) is 4.79 Å². The molecule has 9 nitrogen and oxygen atoms in total. The molecule has 2 rings (SSSR count). The minimum Gasteiger partial charge on any atom is -0.431 e. The van der Waals surface area contributed by atoms with E-state index in [1.807, 2.05) is 36.8 Å². The van der Waals surface area contributed by atoms with E-state index in [1.54, 1.807) is 7.11 Å². The van der Waals surface area contributed by atoms with E-state index in [4.69, 9.17) is 9.15 Å². The van der Waals surface area contributed by atoms with Crippen LogP contribution in [0.5, 0.6) is 0 Å². The van der Waals surface area contributed by atoms with Gasteiger partial charge in [0.25, 0.3) is 11.9 Å². The van der Waals surface area contributed by atoms with Crippen molar-refractivity contribution in [2.45, 2.75) is 20.0 Å². The Morgan fingerprint density at radius 3 is 2.65 bits per heavy atom. The molecule has 26 heavy (non-hydrogen) atoms. The Bertz CT molecular complexity index is 892. The maximum Gasteiger partial charge on any atom is 0.303 e. The predicted octanol–water partition coefficient (Wildman–Crippen LogP) is 1.97. The summed E-state index contributed by atoms with van der Waals surface area (Å²) >= 11 is 0. The molecule has 0 bridgehead atoms. The second kappa shape index (κ2) is 7.85. The predicted molar refractivity (Wildman–Crippen MR) is 96.5 cm³/mol. The van der Waals surface area contributed by atoms with Gasteiger partial charge in [0.15, 0.2) is 5.69 Å². The first-order chi connectivity index (χ1) is 12.1. The first-order valence-corrected chi connectivity index (χ1v) is 9.18. The zero-order valence-electron chi connectivity index (χ0n) is 15.2. The monoisotopic (exact) mass is 382 g/mol. The topological polar surface area (TPSA) is 114 Å². The number of benzene rings is 1. The molecule has 0 fully saturated rings. The van der Waals surface area contributed by atoms with Crippen molar-refractivity contribution in [3.8, 4) is 0 Å². The first-order valence-electron chi connectivity index (χ1n) is 7.74. The lowest BCUT2D eigenvalue weighted by Crippen LogP contribution is -2.39. The van der Waals surface area contributed by atoms with Crippen molar-refractivity contribution < 1.29 is 22.4 Å². The molecular weight excluding hydrogens is 360 g/mol. The Hall–Kier alpha value is -2.43. The van der Waals surface area contributed by atoms with Gasteiger partial charge in [-0.1, -0.05) is 12.1 Å². The van der Waals surface area contributed by atoms with Gasteiger partial charge in [-0.15, -0.1) is 0 Å². The van der Waals surface area contributed by atoms with E-state index in [0.717, 1.165) is 27.4 Å². The minimum atomic E-state index is -3.90. The number of amides is 1. The van der Waals surface area contributed by atoms with E-state index in [1.165, 1.54) is 14.1 Å². The number of anilines is 2. The second-order valence-electron chi connectivity index (χ2n) is 5.83. The SMILES string of the molecule is COC(C)c1ccc(C)c(Nc2nc(C(=O)NS(=O)(=O)N(C)C)co2)c1. The number of aromatic nitrogens is 1. The number of oxazole rings is 1. The minimum absolute atomic E-state index is 0.0720. The lowest BCUT2D eigenvalue weighted by atomic mass is 10.1. The number of hydrogen-bond acceptors (Lipinski definition) is 7. The molecule has 0 spiro atoms. The van der Waals surface area contributed by atoms with Crippen molar-refractivity contribution in [1.82, 2.24) is 14.0 Å². The van der Waals surface area contributed by atoms with Gasteiger partial charge in [0, 0.05) is 26.9 Å². The number of ether oxygens (including phenoxy) is 1. The van der Waals surface area contributed by atoms with Crippen LogP contribution in [0.3, 0.4) is 0 Å². The van der Waals surface area contributed by atoms with E-state index in [9.17, 15) is 13.2 Å². The van der Waals surface area contributed by atoms with Crippen LogP contribution in [-0.2, 0) is 14.9 Å². The van der Waals surface area contributed by atoms with Crippen LogP contribution in [-0.4, -0.2) is 44.8 Å². The largest absolute Gasteiger partial charge is 0.431 e. The summed E-state index contributed by atoms with van der Waals surface area (Å²) < 4.78 is 36.7. The highest BCUT2D eigenvalue weighted by atomic mass is 32.2. The fourth-order valence-electron chi connectivity index (χ4n) is 1.97. The third kappa shape index (κ3) is 4.59. The summed E-state index contributed by atoms with van der Waals surface area (Å²) in [5, 5.41) is 2.98. The van der Waals surface area contributed by atoms with Gasteiger partial charge in [0.05, 0.1) is 6.10 Å². The summed E-state index contributed by atoms with van der Waals surface area (Å²) in [5.74, 6) is -0.881. The molecule has 142 valence electrons. The number of nitrogens with one attached hydrogen (secondary N) is 2. The Morgan fingerprint density at radius 1 is 1.35 bits per heavy atom. The first kappa shape index (κ1) is 19.9. The van der Waals surface area contributed by atoms with E-state index in [2.05, 4.69) is 10.3 Å². The van der Waals surface area contributed by atoms with Crippen LogP contribution in [0.2, 0.25) is 0 Å². The average Bonchev–Trinajstić information content (AvgIpc) is 3.04. The number of carbonyl (C=O) groups is 1. The molecule has 0 aliphatic carbocycles. The summed E-state index contributed by atoms with van der Waals surface area (Å²) in [5.41, 5.74) is 2.48. The number of hydrogen-bond donors (Lipinski definition) is 2. The Labute approximate surface area is 152 Å². The molecule has 2 N–H and O–H groups in total. The van der Waals surface area contributed by atoms with Crippen LogP contribution in [0.15, 0.2) is 28.9 Å². The highest BCUT2D eigenvalue weighted by molar-refractivity contribution is 7.87. The molecule has 1 atom stereocenters. The van der Waals surface area contributed by atoms with E-state index in [0.29, 0.717) is 0 Å². The van der Waals surface area contributed by atoms with Gasteiger partial charge in [0.1, 0.15) is 6.26 Å². The average molecular weight is 382 g/mol. The lowest BCUT2D eigenvalue weighted by molar-refractivity contribution is 0.0975. The molecule has 1 amide bonds. The van der Waals surface area contributed by atoms with Gasteiger partial charge >= 0.3 is 10.2 Å². The van der Waals surface area contributed by atoms with Gasteiger partial charge in [-0.2, -0.15) is 17.7 Å². The van der Waals surface area contributed by atoms with E-state index >= 15 is 0 Å². The molecule has 0 saturated heterocycles. The van der Waals surface area contributed by atoms with Crippen LogP contribution < -0.4 is 10.0 Å². The van der Waals surface area contributed by atoms with Crippen molar-refractivity contribution >= 4 is 27.8 Å². The smallest absolute Gasteiger partial charge is 0.303 e. The summed E-state index contributed by atoms with van der Waals surface area (Å²) in [7, 11) is 0.337. The molecule has 0 aliphatic heterocycles. The highest BCUT2D eigenvalue weighted by Crippen LogP contribution is 2.25. The summed E-state index contributed by atoms with van der Waals surface area (Å²) in [6, 6.07) is 5.84. The molecule has 0 radical (unpaired) electrons. The normalized spacial score (nSPS) is 12.8. The summed E-state index contributed by atoms with van der Waals surface area (Å²) in [6.07, 6.45) is 0.998. The third-order valence-corrected chi connectivity index (χ3v) is 5.17. The third-order valence-electron chi connectivity index (χ3n) is 3.77. The lowest BCUT2D eigenvalue weighted by Gasteiger charge is -2.13. The number of aryl methyl sites for hydroxylation is 1. The quantitative estimate of drug-likeness (QED) is 0.752. The fourth-order valence-corrected chi connectivity index (χ4v) is 2.50. The van der Waals surface area contributed by atoms with Gasteiger partial charge in [-0.25, -0.2) is 4.72 Å². The standard InChI is InChI=1S/C16H22N4O5S/c1-10-6-7-12(11(2)24-5)8-13(10)17-16-18-14(9-25-16)15(21)19-26(22,23)20(3)4/h6-9,11H,1-5H3,(H,17,18)(H,19,21). The Kier molecular flexibility index (Phi) is 6.01. The fraction of sp³-hybridized carbons (Fsp3) is 0.375. The number of nitrogens with zero attached hydrogens (tertiary/aromatic N) is 2. The zero-order valence-corrected chi connectivity index (χ0v) is 16.0. The molecule has 0 aliphatic rings. The molecule has 1 unspecified atom stereocenters. The maximum absolute atomic E-state index is 12.0. The van der Waals surface area contributed by atoms with Gasteiger partial charge in [0.2, 0.25) is 0 Å². The van der Waals surface area contributed by atoms with Crippen molar-refractivity contribution in [2.24, 2.45) is 0 Å².